The summed E-state index contributed by atoms with van der Waals surface area (Å²) in [6, 6.07) is 22.1. The van der Waals surface area contributed by atoms with Gasteiger partial charge in [0.25, 0.3) is 5.91 Å². The standard InChI is InChI=1S/C36H39FN6O2/c1-4-5-23-45-31-17-11-28(12-18-31)36(44)42-20-6-19-41(21-22-42)34-33-26(3)40-43(30-15-13-29(37)14-16-30)35(33)39-32(38-34)24-27-9-7-25(2)8-10-27/h7-18H,4-6,19-24H2,1-3H3. The minimum Gasteiger partial charge on any atom is -0.494 e. The molecule has 0 bridgehead atoms. The van der Waals surface area contributed by atoms with Gasteiger partial charge in [-0.3, -0.25) is 4.79 Å². The third-order valence-corrected chi connectivity index (χ3v) is 8.23. The van der Waals surface area contributed by atoms with Crippen LogP contribution in [0.2, 0.25) is 0 Å². The molecule has 45 heavy (non-hydrogen) atoms. The molecule has 8 nitrogen and oxygen atoms in total. The van der Waals surface area contributed by atoms with E-state index in [0.717, 1.165) is 59.7 Å². The van der Waals surface area contributed by atoms with Crippen molar-refractivity contribution in [1.29, 1.82) is 0 Å². The van der Waals surface area contributed by atoms with E-state index in [9.17, 15) is 9.18 Å². The quantitative estimate of drug-likeness (QED) is 0.174. The molecule has 0 N–H and O–H groups in total. The lowest BCUT2D eigenvalue weighted by Crippen LogP contribution is -2.35. The molecule has 3 heterocycles. The predicted molar refractivity (Wildman–Crippen MR) is 175 cm³/mol. The molecular formula is C36H39FN6O2. The molecule has 6 rings (SSSR count). The van der Waals surface area contributed by atoms with Crippen molar-refractivity contribution in [3.8, 4) is 11.4 Å². The smallest absolute Gasteiger partial charge is 0.253 e. The number of anilines is 1. The number of ether oxygens (including phenoxy) is 1. The molecule has 9 heteroatoms. The predicted octanol–water partition coefficient (Wildman–Crippen LogP) is 6.69. The molecule has 1 saturated heterocycles. The van der Waals surface area contributed by atoms with Crippen molar-refractivity contribution in [2.45, 2.75) is 46.5 Å². The summed E-state index contributed by atoms with van der Waals surface area (Å²) in [7, 11) is 0. The summed E-state index contributed by atoms with van der Waals surface area (Å²) >= 11 is 0. The van der Waals surface area contributed by atoms with Gasteiger partial charge in [-0.15, -0.1) is 0 Å². The second kappa shape index (κ2) is 13.5. The number of benzene rings is 3. The van der Waals surface area contributed by atoms with Gasteiger partial charge in [0.1, 0.15) is 23.2 Å². The van der Waals surface area contributed by atoms with Crippen molar-refractivity contribution in [2.24, 2.45) is 0 Å². The first-order valence-electron chi connectivity index (χ1n) is 15.7. The van der Waals surface area contributed by atoms with Crippen molar-refractivity contribution in [2.75, 3.05) is 37.7 Å². The van der Waals surface area contributed by atoms with Gasteiger partial charge in [0.15, 0.2) is 5.65 Å². The fourth-order valence-electron chi connectivity index (χ4n) is 5.71. The Bertz CT molecular complexity index is 1770. The number of nitrogens with zero attached hydrogens (tertiary/aromatic N) is 6. The van der Waals surface area contributed by atoms with E-state index in [2.05, 4.69) is 43.0 Å². The number of aromatic nitrogens is 4. The lowest BCUT2D eigenvalue weighted by molar-refractivity contribution is 0.0767. The second-order valence-corrected chi connectivity index (χ2v) is 11.7. The van der Waals surface area contributed by atoms with E-state index in [0.29, 0.717) is 49.7 Å². The molecular weight excluding hydrogens is 567 g/mol. The zero-order chi connectivity index (χ0) is 31.3. The number of halogens is 1. The van der Waals surface area contributed by atoms with E-state index in [1.165, 1.54) is 17.7 Å². The maximum absolute atomic E-state index is 13.8. The molecule has 1 amide bonds. The Labute approximate surface area is 263 Å². The summed E-state index contributed by atoms with van der Waals surface area (Å²) in [6.45, 7) is 9.43. The van der Waals surface area contributed by atoms with Crippen LogP contribution in [0.15, 0.2) is 72.8 Å². The Kier molecular flexibility index (Phi) is 9.05. The lowest BCUT2D eigenvalue weighted by Gasteiger charge is -2.24. The number of aryl methyl sites for hydroxylation is 2. The summed E-state index contributed by atoms with van der Waals surface area (Å²) in [6.07, 6.45) is 3.44. The molecule has 3 aromatic carbocycles. The number of hydrogen-bond donors (Lipinski definition) is 0. The van der Waals surface area contributed by atoms with Gasteiger partial charge in [0, 0.05) is 38.2 Å². The second-order valence-electron chi connectivity index (χ2n) is 11.7. The molecule has 0 atom stereocenters. The highest BCUT2D eigenvalue weighted by Crippen LogP contribution is 2.30. The van der Waals surface area contributed by atoms with E-state index < -0.39 is 0 Å². The molecule has 0 unspecified atom stereocenters. The first-order chi connectivity index (χ1) is 21.9. The molecule has 232 valence electrons. The normalized spacial score (nSPS) is 13.7. The number of fused-ring (bicyclic) bond motifs is 1. The van der Waals surface area contributed by atoms with Crippen molar-refractivity contribution in [3.05, 3.63) is 107 Å². The van der Waals surface area contributed by atoms with Crippen molar-refractivity contribution in [1.82, 2.24) is 24.6 Å². The average molecular weight is 607 g/mol. The van der Waals surface area contributed by atoms with Gasteiger partial charge in [-0.2, -0.15) is 5.10 Å². The van der Waals surface area contributed by atoms with Gasteiger partial charge < -0.3 is 14.5 Å². The van der Waals surface area contributed by atoms with Gasteiger partial charge in [0.05, 0.1) is 23.4 Å². The maximum Gasteiger partial charge on any atom is 0.253 e. The monoisotopic (exact) mass is 606 g/mol. The Morgan fingerprint density at radius 2 is 1.64 bits per heavy atom. The van der Waals surface area contributed by atoms with Crippen LogP contribution in [-0.2, 0) is 6.42 Å². The molecule has 0 aliphatic carbocycles. The molecule has 0 radical (unpaired) electrons. The van der Waals surface area contributed by atoms with Crippen LogP contribution in [-0.4, -0.2) is 63.3 Å². The van der Waals surface area contributed by atoms with Gasteiger partial charge in [-0.25, -0.2) is 19.0 Å². The summed E-state index contributed by atoms with van der Waals surface area (Å²) in [4.78, 5) is 27.8. The van der Waals surface area contributed by atoms with Crippen LogP contribution < -0.4 is 9.64 Å². The van der Waals surface area contributed by atoms with Crippen LogP contribution in [0.4, 0.5) is 10.2 Å². The Morgan fingerprint density at radius 1 is 0.889 bits per heavy atom. The molecule has 1 fully saturated rings. The van der Waals surface area contributed by atoms with Crippen LogP contribution in [0.3, 0.4) is 0 Å². The number of unbranched alkanes of at least 4 members (excludes halogenated alkanes) is 1. The summed E-state index contributed by atoms with van der Waals surface area (Å²) in [5, 5.41) is 5.70. The van der Waals surface area contributed by atoms with E-state index in [1.807, 2.05) is 36.1 Å². The lowest BCUT2D eigenvalue weighted by atomic mass is 10.1. The first kappa shape index (κ1) is 30.2. The summed E-state index contributed by atoms with van der Waals surface area (Å²) in [5.74, 6) is 2.00. The summed E-state index contributed by atoms with van der Waals surface area (Å²) < 4.78 is 21.3. The maximum atomic E-state index is 13.8. The average Bonchev–Trinajstić information content (AvgIpc) is 3.21. The van der Waals surface area contributed by atoms with E-state index in [-0.39, 0.29) is 11.7 Å². The molecule has 2 aromatic heterocycles. The SMILES string of the molecule is CCCCOc1ccc(C(=O)N2CCCN(c3nc(Cc4ccc(C)cc4)nc4c3c(C)nn4-c3ccc(F)cc3)CC2)cc1. The number of rotatable bonds is 9. The summed E-state index contributed by atoms with van der Waals surface area (Å²) in [5.41, 5.74) is 5.18. The topological polar surface area (TPSA) is 76.4 Å². The van der Waals surface area contributed by atoms with E-state index in [1.54, 1.807) is 16.8 Å². The van der Waals surface area contributed by atoms with Crippen LogP contribution in [0.5, 0.6) is 5.75 Å². The number of hydrogen-bond acceptors (Lipinski definition) is 6. The van der Waals surface area contributed by atoms with Gasteiger partial charge in [-0.1, -0.05) is 43.2 Å². The molecule has 0 saturated carbocycles. The highest BCUT2D eigenvalue weighted by Gasteiger charge is 2.26. The third-order valence-electron chi connectivity index (χ3n) is 8.23. The van der Waals surface area contributed by atoms with Crippen molar-refractivity contribution < 1.29 is 13.9 Å². The fourth-order valence-corrected chi connectivity index (χ4v) is 5.71. The number of carbonyl (C=O) groups excluding carboxylic acids is 1. The van der Waals surface area contributed by atoms with Crippen LogP contribution in [0.1, 0.15) is 59.2 Å². The molecule has 1 aliphatic rings. The number of amides is 1. The minimum absolute atomic E-state index is 0.0187. The minimum atomic E-state index is -0.303. The van der Waals surface area contributed by atoms with E-state index >= 15 is 0 Å². The molecule has 1 aliphatic heterocycles. The highest BCUT2D eigenvalue weighted by atomic mass is 19.1. The zero-order valence-corrected chi connectivity index (χ0v) is 26.2. The van der Waals surface area contributed by atoms with Crippen molar-refractivity contribution in [3.63, 3.8) is 0 Å². The third kappa shape index (κ3) is 6.82. The Balaban J connectivity index is 1.29. The van der Waals surface area contributed by atoms with Crippen LogP contribution >= 0.6 is 0 Å². The fraction of sp³-hybridized carbons (Fsp3) is 0.333. The van der Waals surface area contributed by atoms with Gasteiger partial charge in [-0.05, 0) is 80.8 Å². The van der Waals surface area contributed by atoms with Crippen molar-refractivity contribution >= 4 is 22.8 Å². The largest absolute Gasteiger partial charge is 0.494 e. The Hall–Kier alpha value is -4.79. The van der Waals surface area contributed by atoms with Crippen LogP contribution in [0, 0.1) is 19.7 Å². The van der Waals surface area contributed by atoms with Gasteiger partial charge in [0.2, 0.25) is 0 Å². The molecule has 5 aromatic rings. The first-order valence-corrected chi connectivity index (χ1v) is 15.7. The zero-order valence-electron chi connectivity index (χ0n) is 26.2. The highest BCUT2D eigenvalue weighted by molar-refractivity contribution is 5.94. The molecule has 0 spiro atoms. The number of carbonyl (C=O) groups is 1. The van der Waals surface area contributed by atoms with Gasteiger partial charge >= 0.3 is 0 Å². The Morgan fingerprint density at radius 3 is 2.38 bits per heavy atom. The van der Waals surface area contributed by atoms with Crippen LogP contribution in [0.25, 0.3) is 16.7 Å². The van der Waals surface area contributed by atoms with E-state index in [4.69, 9.17) is 19.8 Å².